The minimum Gasteiger partial charge on any atom is -0.497 e. The van der Waals surface area contributed by atoms with Crippen LogP contribution < -0.4 is 15.0 Å². The average molecular weight is 461 g/mol. The zero-order valence-corrected chi connectivity index (χ0v) is 19.8. The lowest BCUT2D eigenvalue weighted by atomic mass is 9.83. The molecule has 3 aliphatic rings. The minimum atomic E-state index is -0.172. The summed E-state index contributed by atoms with van der Waals surface area (Å²) in [5.41, 5.74) is 2.31. The van der Waals surface area contributed by atoms with E-state index in [2.05, 4.69) is 27.2 Å². The molecule has 2 saturated heterocycles. The highest BCUT2D eigenvalue weighted by molar-refractivity contribution is 5.82. The first-order valence-corrected chi connectivity index (χ1v) is 11.9. The van der Waals surface area contributed by atoms with Crippen LogP contribution in [0.25, 0.3) is 0 Å². The topological polar surface area (TPSA) is 83.6 Å². The Morgan fingerprint density at radius 2 is 1.97 bits per heavy atom. The number of benzene rings is 1. The number of nitrogens with one attached hydrogen (secondary N) is 1. The molecule has 182 valence electrons. The fraction of sp³-hybridized carbons (Fsp3) is 0.667. The van der Waals surface area contributed by atoms with Crippen molar-refractivity contribution in [1.29, 1.82) is 0 Å². The van der Waals surface area contributed by atoms with Crippen LogP contribution in [0, 0.1) is 5.92 Å². The standard InChI is InChI=1S/C24H36N4O5/c1-31-11-3-6-25-24(30)20-14-18-4-5-19(32-2)15-21(18)28-8-7-26(16-22(20)28)17-23(29)27-9-12-33-13-10-27/h4-5,15,20,22H,3,6-14,16-17H2,1-2H3,(H,25,30). The van der Waals surface area contributed by atoms with Crippen molar-refractivity contribution < 1.29 is 23.8 Å². The quantitative estimate of drug-likeness (QED) is 0.561. The fourth-order valence-corrected chi connectivity index (χ4v) is 5.07. The Bertz CT molecular complexity index is 829. The lowest BCUT2D eigenvalue weighted by Crippen LogP contribution is -2.62. The zero-order valence-electron chi connectivity index (χ0n) is 19.8. The van der Waals surface area contributed by atoms with E-state index in [-0.39, 0.29) is 23.8 Å². The molecule has 0 aliphatic carbocycles. The molecule has 2 unspecified atom stereocenters. The summed E-state index contributed by atoms with van der Waals surface area (Å²) in [4.78, 5) is 32.5. The van der Waals surface area contributed by atoms with Crippen molar-refractivity contribution in [3.05, 3.63) is 23.8 Å². The lowest BCUT2D eigenvalue weighted by molar-refractivity contribution is -0.136. The third kappa shape index (κ3) is 5.59. The lowest BCUT2D eigenvalue weighted by Gasteiger charge is -2.49. The number of carbonyl (C=O) groups excluding carboxylic acids is 2. The molecule has 2 amide bonds. The monoisotopic (exact) mass is 460 g/mol. The summed E-state index contributed by atoms with van der Waals surface area (Å²) in [5, 5.41) is 3.10. The molecule has 1 N–H and O–H groups in total. The molecule has 2 atom stereocenters. The number of anilines is 1. The number of hydrogen-bond acceptors (Lipinski definition) is 7. The second kappa shape index (κ2) is 11.2. The molecular formula is C24H36N4O5. The summed E-state index contributed by atoms with van der Waals surface area (Å²) in [6, 6.07) is 6.12. The predicted molar refractivity (Wildman–Crippen MR) is 125 cm³/mol. The molecular weight excluding hydrogens is 424 g/mol. The molecule has 3 aliphatic heterocycles. The number of rotatable bonds is 8. The van der Waals surface area contributed by atoms with E-state index in [4.69, 9.17) is 14.2 Å². The Kier molecular flexibility index (Phi) is 8.06. The third-order valence-electron chi connectivity index (χ3n) is 6.89. The SMILES string of the molecule is COCCCNC(=O)C1Cc2ccc(OC)cc2N2CCN(CC(=O)N3CCOCC3)CC12. The van der Waals surface area contributed by atoms with E-state index in [1.807, 2.05) is 11.0 Å². The van der Waals surface area contributed by atoms with Gasteiger partial charge >= 0.3 is 0 Å². The van der Waals surface area contributed by atoms with E-state index in [0.717, 1.165) is 30.9 Å². The van der Waals surface area contributed by atoms with Crippen molar-refractivity contribution in [3.8, 4) is 5.75 Å². The molecule has 4 rings (SSSR count). The van der Waals surface area contributed by atoms with Crippen LogP contribution in [0.2, 0.25) is 0 Å². The predicted octanol–water partition coefficient (Wildman–Crippen LogP) is 0.370. The second-order valence-electron chi connectivity index (χ2n) is 8.93. The van der Waals surface area contributed by atoms with E-state index < -0.39 is 0 Å². The van der Waals surface area contributed by atoms with Gasteiger partial charge in [-0.15, -0.1) is 0 Å². The first-order valence-electron chi connectivity index (χ1n) is 11.9. The summed E-state index contributed by atoms with van der Waals surface area (Å²) >= 11 is 0. The van der Waals surface area contributed by atoms with Crippen LogP contribution in [0.15, 0.2) is 18.2 Å². The van der Waals surface area contributed by atoms with Gasteiger partial charge in [-0.2, -0.15) is 0 Å². The van der Waals surface area contributed by atoms with Crippen molar-refractivity contribution in [3.63, 3.8) is 0 Å². The highest BCUT2D eigenvalue weighted by Crippen LogP contribution is 2.38. The number of hydrogen-bond donors (Lipinski definition) is 1. The summed E-state index contributed by atoms with van der Waals surface area (Å²) in [7, 11) is 3.34. The van der Waals surface area contributed by atoms with E-state index >= 15 is 0 Å². The minimum absolute atomic E-state index is 0.0123. The highest BCUT2D eigenvalue weighted by atomic mass is 16.5. The first-order chi connectivity index (χ1) is 16.1. The first kappa shape index (κ1) is 23.8. The van der Waals surface area contributed by atoms with Crippen molar-refractivity contribution in [1.82, 2.24) is 15.1 Å². The number of fused-ring (bicyclic) bond motifs is 3. The van der Waals surface area contributed by atoms with Gasteiger partial charge in [-0.3, -0.25) is 14.5 Å². The van der Waals surface area contributed by atoms with Gasteiger partial charge in [0.1, 0.15) is 5.75 Å². The molecule has 3 heterocycles. The Balaban J connectivity index is 1.48. The Labute approximate surface area is 195 Å². The van der Waals surface area contributed by atoms with Gasteiger partial charge in [0.2, 0.25) is 11.8 Å². The number of nitrogens with zero attached hydrogens (tertiary/aromatic N) is 3. The summed E-state index contributed by atoms with van der Waals surface area (Å²) in [5.74, 6) is 0.865. The number of piperazine rings is 1. The zero-order chi connectivity index (χ0) is 23.2. The number of morpholine rings is 1. The number of ether oxygens (including phenoxy) is 3. The van der Waals surface area contributed by atoms with Crippen molar-refractivity contribution in [2.75, 3.05) is 84.8 Å². The molecule has 0 spiro atoms. The largest absolute Gasteiger partial charge is 0.497 e. The van der Waals surface area contributed by atoms with Gasteiger partial charge in [0.15, 0.2) is 0 Å². The van der Waals surface area contributed by atoms with Crippen LogP contribution in [0.1, 0.15) is 12.0 Å². The molecule has 1 aromatic carbocycles. The smallest absolute Gasteiger partial charge is 0.236 e. The van der Waals surface area contributed by atoms with Crippen LogP contribution in [0.3, 0.4) is 0 Å². The van der Waals surface area contributed by atoms with Gasteiger partial charge in [-0.25, -0.2) is 0 Å². The molecule has 0 bridgehead atoms. The van der Waals surface area contributed by atoms with E-state index in [0.29, 0.717) is 59.0 Å². The Morgan fingerprint density at radius 3 is 2.73 bits per heavy atom. The normalized spacial score (nSPS) is 23.0. The molecule has 0 radical (unpaired) electrons. The summed E-state index contributed by atoms with van der Waals surface area (Å²) < 4.78 is 15.9. The van der Waals surface area contributed by atoms with Crippen molar-refractivity contribution >= 4 is 17.5 Å². The van der Waals surface area contributed by atoms with E-state index in [1.54, 1.807) is 14.2 Å². The molecule has 1 aromatic rings. The van der Waals surface area contributed by atoms with Crippen LogP contribution in [-0.4, -0.2) is 108 Å². The van der Waals surface area contributed by atoms with Crippen LogP contribution in [0.4, 0.5) is 5.69 Å². The molecule has 2 fully saturated rings. The van der Waals surface area contributed by atoms with Crippen LogP contribution >= 0.6 is 0 Å². The molecule has 0 aromatic heterocycles. The maximum atomic E-state index is 13.2. The fourth-order valence-electron chi connectivity index (χ4n) is 5.07. The summed E-state index contributed by atoms with van der Waals surface area (Å²) in [6.45, 7) is 6.37. The number of carbonyl (C=O) groups is 2. The molecule has 33 heavy (non-hydrogen) atoms. The van der Waals surface area contributed by atoms with Gasteiger partial charge in [-0.1, -0.05) is 6.07 Å². The molecule has 9 heteroatoms. The maximum Gasteiger partial charge on any atom is 0.236 e. The van der Waals surface area contributed by atoms with Gasteiger partial charge < -0.3 is 29.3 Å². The van der Waals surface area contributed by atoms with Gasteiger partial charge in [0.25, 0.3) is 0 Å². The molecule has 0 saturated carbocycles. The van der Waals surface area contributed by atoms with Crippen molar-refractivity contribution in [2.45, 2.75) is 18.9 Å². The van der Waals surface area contributed by atoms with Crippen molar-refractivity contribution in [2.24, 2.45) is 5.92 Å². The van der Waals surface area contributed by atoms with E-state index in [9.17, 15) is 9.59 Å². The van der Waals surface area contributed by atoms with Gasteiger partial charge in [-0.05, 0) is 24.5 Å². The van der Waals surface area contributed by atoms with Crippen LogP contribution in [0.5, 0.6) is 5.75 Å². The number of amides is 2. The van der Waals surface area contributed by atoms with Gasteiger partial charge in [0, 0.05) is 64.7 Å². The van der Waals surface area contributed by atoms with Crippen LogP contribution in [-0.2, 0) is 25.5 Å². The van der Waals surface area contributed by atoms with E-state index in [1.165, 1.54) is 5.56 Å². The second-order valence-corrected chi connectivity index (χ2v) is 8.93. The third-order valence-corrected chi connectivity index (χ3v) is 6.89. The molecule has 9 nitrogen and oxygen atoms in total. The summed E-state index contributed by atoms with van der Waals surface area (Å²) in [6.07, 6.45) is 1.47. The Morgan fingerprint density at radius 1 is 1.15 bits per heavy atom. The highest BCUT2D eigenvalue weighted by Gasteiger charge is 2.42. The maximum absolute atomic E-state index is 13.2. The number of methoxy groups -OCH3 is 2. The van der Waals surface area contributed by atoms with Gasteiger partial charge in [0.05, 0.1) is 38.8 Å². The Hall–Kier alpha value is -2.36. The average Bonchev–Trinajstić information content (AvgIpc) is 2.86.